The molecule has 0 aromatic heterocycles. The van der Waals surface area contributed by atoms with Crippen LogP contribution >= 0.6 is 0 Å². The third-order valence-electron chi connectivity index (χ3n) is 4.82. The van der Waals surface area contributed by atoms with Gasteiger partial charge in [-0.05, 0) is 31.6 Å². The van der Waals surface area contributed by atoms with E-state index in [9.17, 15) is 9.59 Å². The van der Waals surface area contributed by atoms with E-state index in [1.165, 1.54) is 12.8 Å². The molecule has 0 heterocycles. The van der Waals surface area contributed by atoms with Gasteiger partial charge in [0.1, 0.15) is 0 Å². The largest absolute Gasteiger partial charge is 0.481 e. The minimum absolute atomic E-state index is 0.0276. The highest BCUT2D eigenvalue weighted by molar-refractivity contribution is 5.77. The fourth-order valence-corrected chi connectivity index (χ4v) is 3.41. The summed E-state index contributed by atoms with van der Waals surface area (Å²) < 4.78 is 0. The van der Waals surface area contributed by atoms with Crippen molar-refractivity contribution in [3.63, 3.8) is 0 Å². The van der Waals surface area contributed by atoms with E-state index >= 15 is 0 Å². The van der Waals surface area contributed by atoms with E-state index in [1.54, 1.807) is 0 Å². The molecule has 0 aromatic carbocycles. The van der Waals surface area contributed by atoms with Crippen LogP contribution in [0.5, 0.6) is 0 Å². The topological polar surface area (TPSA) is 78.4 Å². The van der Waals surface area contributed by atoms with E-state index in [0.717, 1.165) is 50.9 Å². The van der Waals surface area contributed by atoms with Gasteiger partial charge < -0.3 is 15.7 Å². The van der Waals surface area contributed by atoms with Gasteiger partial charge in [-0.3, -0.25) is 4.79 Å². The molecule has 3 N–H and O–H groups in total. The molecule has 0 radical (unpaired) electrons. The maximum atomic E-state index is 12.3. The summed E-state index contributed by atoms with van der Waals surface area (Å²) in [5.74, 6) is -0.0554. The molecule has 2 saturated carbocycles. The predicted molar refractivity (Wildman–Crippen MR) is 81.2 cm³/mol. The first kappa shape index (κ1) is 16.1. The molecule has 0 aliphatic heterocycles. The van der Waals surface area contributed by atoms with Crippen LogP contribution in [0.1, 0.15) is 71.1 Å². The molecule has 0 aromatic rings. The molecule has 120 valence electrons. The molecule has 2 aliphatic rings. The predicted octanol–water partition coefficient (Wildman–Crippen LogP) is 3.04. The second-order valence-corrected chi connectivity index (χ2v) is 6.79. The summed E-state index contributed by atoms with van der Waals surface area (Å²) in [4.78, 5) is 23.4. The zero-order valence-electron chi connectivity index (χ0n) is 13.0. The normalized spacial score (nSPS) is 22.3. The number of rotatable bonds is 7. The van der Waals surface area contributed by atoms with Crippen molar-refractivity contribution in [3.8, 4) is 0 Å². The molecule has 1 atom stereocenters. The van der Waals surface area contributed by atoms with Crippen molar-refractivity contribution >= 4 is 12.0 Å². The summed E-state index contributed by atoms with van der Waals surface area (Å²) >= 11 is 0. The van der Waals surface area contributed by atoms with Gasteiger partial charge in [0.2, 0.25) is 0 Å². The molecule has 0 saturated heterocycles. The minimum atomic E-state index is -0.831. The summed E-state index contributed by atoms with van der Waals surface area (Å²) in [6.45, 7) is 2.08. The number of carbonyl (C=O) groups excluding carboxylic acids is 1. The molecule has 5 heteroatoms. The number of nitrogens with one attached hydrogen (secondary N) is 2. The fourth-order valence-electron chi connectivity index (χ4n) is 3.41. The van der Waals surface area contributed by atoms with Crippen molar-refractivity contribution in [2.24, 2.45) is 5.92 Å². The number of hydrogen-bond donors (Lipinski definition) is 3. The SMILES string of the molecule is CCC(CC1CC1)NC(=O)NC1(CC(=O)O)CCCCC1. The molecule has 21 heavy (non-hydrogen) atoms. The smallest absolute Gasteiger partial charge is 0.315 e. The van der Waals surface area contributed by atoms with Crippen LogP contribution in [0.15, 0.2) is 0 Å². The van der Waals surface area contributed by atoms with Crippen molar-refractivity contribution in [2.45, 2.75) is 82.7 Å². The molecule has 1 unspecified atom stereocenters. The fraction of sp³-hybridized carbons (Fsp3) is 0.875. The van der Waals surface area contributed by atoms with Gasteiger partial charge in [0.05, 0.1) is 12.0 Å². The number of amides is 2. The minimum Gasteiger partial charge on any atom is -0.481 e. The molecule has 2 rings (SSSR count). The third kappa shape index (κ3) is 5.21. The average molecular weight is 296 g/mol. The van der Waals surface area contributed by atoms with Crippen molar-refractivity contribution < 1.29 is 14.7 Å². The number of urea groups is 1. The van der Waals surface area contributed by atoms with Crippen LogP contribution in [0.2, 0.25) is 0 Å². The lowest BCUT2D eigenvalue weighted by Crippen LogP contribution is -2.55. The number of carbonyl (C=O) groups is 2. The van der Waals surface area contributed by atoms with Gasteiger partial charge in [0, 0.05) is 6.04 Å². The average Bonchev–Trinajstić information content (AvgIpc) is 3.21. The van der Waals surface area contributed by atoms with Crippen molar-refractivity contribution in [1.29, 1.82) is 0 Å². The molecule has 0 spiro atoms. The summed E-state index contributed by atoms with van der Waals surface area (Å²) in [6.07, 6.45) is 9.22. The summed E-state index contributed by atoms with van der Waals surface area (Å²) in [7, 11) is 0. The van der Waals surface area contributed by atoms with Crippen LogP contribution in [0.4, 0.5) is 4.79 Å². The quantitative estimate of drug-likeness (QED) is 0.675. The molecular weight excluding hydrogens is 268 g/mol. The second kappa shape index (κ2) is 7.14. The van der Waals surface area contributed by atoms with Gasteiger partial charge >= 0.3 is 12.0 Å². The standard InChI is InChI=1S/C16H28N2O3/c1-2-13(10-12-6-7-12)17-15(21)18-16(11-14(19)20)8-4-3-5-9-16/h12-13H,2-11H2,1H3,(H,19,20)(H2,17,18,21). The van der Waals surface area contributed by atoms with Crippen LogP contribution in [0.25, 0.3) is 0 Å². The zero-order valence-corrected chi connectivity index (χ0v) is 13.0. The first-order valence-electron chi connectivity index (χ1n) is 8.33. The van der Waals surface area contributed by atoms with Gasteiger partial charge in [-0.2, -0.15) is 0 Å². The highest BCUT2D eigenvalue weighted by Crippen LogP contribution is 2.34. The maximum Gasteiger partial charge on any atom is 0.315 e. The Bertz CT molecular complexity index is 374. The molecule has 2 aliphatic carbocycles. The van der Waals surface area contributed by atoms with E-state index in [0.29, 0.717) is 0 Å². The van der Waals surface area contributed by atoms with Crippen LogP contribution in [-0.2, 0) is 4.79 Å². The molecular formula is C16H28N2O3. The monoisotopic (exact) mass is 296 g/mol. The van der Waals surface area contributed by atoms with E-state index in [1.807, 2.05) is 0 Å². The Morgan fingerprint density at radius 2 is 1.90 bits per heavy atom. The Morgan fingerprint density at radius 3 is 2.43 bits per heavy atom. The van der Waals surface area contributed by atoms with Crippen molar-refractivity contribution in [2.75, 3.05) is 0 Å². The second-order valence-electron chi connectivity index (χ2n) is 6.79. The number of aliphatic carboxylic acids is 1. The van der Waals surface area contributed by atoms with E-state index in [-0.39, 0.29) is 18.5 Å². The van der Waals surface area contributed by atoms with E-state index in [4.69, 9.17) is 5.11 Å². The number of hydrogen-bond acceptors (Lipinski definition) is 2. The Morgan fingerprint density at radius 1 is 1.24 bits per heavy atom. The lowest BCUT2D eigenvalue weighted by atomic mass is 9.79. The molecule has 5 nitrogen and oxygen atoms in total. The number of carboxylic acid groups (broad SMARTS) is 1. The van der Waals surface area contributed by atoms with Crippen LogP contribution in [0.3, 0.4) is 0 Å². The van der Waals surface area contributed by atoms with E-state index in [2.05, 4.69) is 17.6 Å². The highest BCUT2D eigenvalue weighted by Gasteiger charge is 2.36. The summed E-state index contributed by atoms with van der Waals surface area (Å²) in [5.41, 5.74) is -0.550. The van der Waals surface area contributed by atoms with Gasteiger partial charge in [0.25, 0.3) is 0 Å². The van der Waals surface area contributed by atoms with Gasteiger partial charge in [-0.15, -0.1) is 0 Å². The Balaban J connectivity index is 1.88. The lowest BCUT2D eigenvalue weighted by Gasteiger charge is -2.37. The van der Waals surface area contributed by atoms with Gasteiger partial charge in [-0.25, -0.2) is 4.79 Å². The van der Waals surface area contributed by atoms with E-state index < -0.39 is 11.5 Å². The molecule has 2 amide bonds. The van der Waals surface area contributed by atoms with Crippen LogP contribution < -0.4 is 10.6 Å². The van der Waals surface area contributed by atoms with Crippen molar-refractivity contribution in [1.82, 2.24) is 10.6 Å². The molecule has 0 bridgehead atoms. The Labute approximate surface area is 126 Å². The summed E-state index contributed by atoms with van der Waals surface area (Å²) in [5, 5.41) is 15.2. The van der Waals surface area contributed by atoms with Crippen LogP contribution in [0, 0.1) is 5.92 Å². The third-order valence-corrected chi connectivity index (χ3v) is 4.82. The summed E-state index contributed by atoms with van der Waals surface area (Å²) in [6, 6.07) is 0.0219. The van der Waals surface area contributed by atoms with Crippen molar-refractivity contribution in [3.05, 3.63) is 0 Å². The first-order chi connectivity index (χ1) is 10.0. The Hall–Kier alpha value is -1.26. The van der Waals surface area contributed by atoms with Gasteiger partial charge in [0.15, 0.2) is 0 Å². The van der Waals surface area contributed by atoms with Gasteiger partial charge in [-0.1, -0.05) is 39.0 Å². The number of carboxylic acids is 1. The molecule has 2 fully saturated rings. The lowest BCUT2D eigenvalue weighted by molar-refractivity contribution is -0.139. The first-order valence-corrected chi connectivity index (χ1v) is 8.33. The Kier molecular flexibility index (Phi) is 5.48. The van der Waals surface area contributed by atoms with Crippen LogP contribution in [-0.4, -0.2) is 28.7 Å². The highest BCUT2D eigenvalue weighted by atomic mass is 16.4. The maximum absolute atomic E-state index is 12.3. The zero-order chi connectivity index (χ0) is 15.3.